The smallest absolute Gasteiger partial charge is 0.191 e. The van der Waals surface area contributed by atoms with Crippen LogP contribution >= 0.6 is 24.0 Å². The normalized spacial score (nSPS) is 16.3. The Balaban J connectivity index is 0.00000288. The summed E-state index contributed by atoms with van der Waals surface area (Å²) in [6, 6.07) is 0. The molecule has 0 bridgehead atoms. The lowest BCUT2D eigenvalue weighted by molar-refractivity contribution is 0.0487. The largest absolute Gasteiger partial charge is 0.376 e. The summed E-state index contributed by atoms with van der Waals surface area (Å²) in [4.78, 5) is 8.63. The monoisotopic (exact) mass is 449 g/mol. The highest BCUT2D eigenvalue weighted by molar-refractivity contribution is 14.0. The van der Waals surface area contributed by atoms with Crippen molar-refractivity contribution in [3.63, 3.8) is 0 Å². The number of nitrogens with one attached hydrogen (secondary N) is 2. The highest BCUT2D eigenvalue weighted by Gasteiger charge is 2.11. The van der Waals surface area contributed by atoms with Gasteiger partial charge in [-0.2, -0.15) is 0 Å². The van der Waals surface area contributed by atoms with E-state index in [4.69, 9.17) is 4.74 Å². The van der Waals surface area contributed by atoms with Crippen LogP contribution < -0.4 is 10.6 Å². The molecule has 1 aliphatic carbocycles. The third kappa shape index (κ3) is 8.86. The van der Waals surface area contributed by atoms with Crippen LogP contribution in [-0.4, -0.2) is 47.9 Å². The summed E-state index contributed by atoms with van der Waals surface area (Å²) in [6.07, 6.45) is 13.8. The molecule has 7 heteroatoms. The number of hydrogen-bond acceptors (Lipinski definition) is 3. The minimum atomic E-state index is 0. The Morgan fingerprint density at radius 1 is 1.25 bits per heavy atom. The van der Waals surface area contributed by atoms with Crippen LogP contribution in [0.5, 0.6) is 0 Å². The van der Waals surface area contributed by atoms with Crippen molar-refractivity contribution in [2.75, 3.05) is 26.2 Å². The van der Waals surface area contributed by atoms with Gasteiger partial charge in [0.1, 0.15) is 0 Å². The third-order valence-electron chi connectivity index (χ3n) is 4.08. The van der Waals surface area contributed by atoms with E-state index in [1.54, 1.807) is 6.20 Å². The zero-order chi connectivity index (χ0) is 16.2. The van der Waals surface area contributed by atoms with E-state index in [1.165, 1.54) is 38.5 Å². The van der Waals surface area contributed by atoms with Gasteiger partial charge in [0.05, 0.1) is 25.6 Å². The fourth-order valence-electron chi connectivity index (χ4n) is 2.85. The Bertz CT molecular complexity index is 430. The van der Waals surface area contributed by atoms with Crippen LogP contribution in [0.2, 0.25) is 0 Å². The molecule has 0 amide bonds. The van der Waals surface area contributed by atoms with Crippen LogP contribution in [0.25, 0.3) is 0 Å². The summed E-state index contributed by atoms with van der Waals surface area (Å²) in [7, 11) is 0. The molecule has 1 aromatic rings. The van der Waals surface area contributed by atoms with Crippen molar-refractivity contribution in [2.24, 2.45) is 4.99 Å². The number of ether oxygens (including phenoxy) is 1. The van der Waals surface area contributed by atoms with Crippen LogP contribution in [-0.2, 0) is 11.3 Å². The van der Waals surface area contributed by atoms with Gasteiger partial charge in [-0.25, -0.2) is 4.98 Å². The van der Waals surface area contributed by atoms with Gasteiger partial charge >= 0.3 is 0 Å². The lowest BCUT2D eigenvalue weighted by Crippen LogP contribution is -2.39. The van der Waals surface area contributed by atoms with Gasteiger partial charge in [-0.05, 0) is 19.8 Å². The quantitative estimate of drug-likeness (QED) is 0.211. The predicted molar refractivity (Wildman–Crippen MR) is 109 cm³/mol. The van der Waals surface area contributed by atoms with E-state index >= 15 is 0 Å². The maximum Gasteiger partial charge on any atom is 0.191 e. The van der Waals surface area contributed by atoms with E-state index in [0.29, 0.717) is 19.3 Å². The number of aromatic nitrogens is 2. The van der Waals surface area contributed by atoms with Crippen molar-refractivity contribution >= 4 is 29.9 Å². The molecular weight excluding hydrogens is 417 g/mol. The average Bonchev–Trinajstić information content (AvgIpc) is 2.94. The zero-order valence-electron chi connectivity index (χ0n) is 14.7. The van der Waals surface area contributed by atoms with Gasteiger partial charge in [0.2, 0.25) is 0 Å². The second kappa shape index (κ2) is 13.5. The molecule has 1 heterocycles. The molecule has 1 saturated carbocycles. The summed E-state index contributed by atoms with van der Waals surface area (Å²) in [5.41, 5.74) is 0. The highest BCUT2D eigenvalue weighted by Crippen LogP contribution is 2.19. The number of aliphatic imine (C=N–C) groups is 1. The van der Waals surface area contributed by atoms with Crippen LogP contribution in [0.1, 0.15) is 45.4 Å². The topological polar surface area (TPSA) is 63.5 Å². The van der Waals surface area contributed by atoms with Crippen molar-refractivity contribution in [3.8, 4) is 0 Å². The first-order valence-electron chi connectivity index (χ1n) is 8.98. The van der Waals surface area contributed by atoms with Crippen molar-refractivity contribution in [2.45, 2.75) is 58.1 Å². The molecule has 24 heavy (non-hydrogen) atoms. The SMILES string of the molecule is CCNC(=NCCOC1CCCCCC1)NCCn1ccnc1.I. The first-order valence-corrected chi connectivity index (χ1v) is 8.98. The van der Waals surface area contributed by atoms with Crippen molar-refractivity contribution in [1.29, 1.82) is 0 Å². The molecule has 1 aliphatic rings. The molecule has 1 fully saturated rings. The Labute approximate surface area is 162 Å². The minimum Gasteiger partial charge on any atom is -0.376 e. The molecule has 0 radical (unpaired) electrons. The summed E-state index contributed by atoms with van der Waals surface area (Å²) in [6.45, 7) is 6.06. The molecule has 0 aromatic carbocycles. The first kappa shape index (κ1) is 21.2. The van der Waals surface area contributed by atoms with Crippen LogP contribution in [0.3, 0.4) is 0 Å². The van der Waals surface area contributed by atoms with Gasteiger partial charge in [-0.1, -0.05) is 25.7 Å². The van der Waals surface area contributed by atoms with E-state index in [-0.39, 0.29) is 24.0 Å². The second-order valence-corrected chi connectivity index (χ2v) is 5.97. The van der Waals surface area contributed by atoms with Crippen molar-refractivity contribution < 1.29 is 4.74 Å². The fourth-order valence-corrected chi connectivity index (χ4v) is 2.85. The summed E-state index contributed by atoms with van der Waals surface area (Å²) in [5, 5.41) is 6.61. The molecule has 138 valence electrons. The molecule has 0 spiro atoms. The molecule has 0 aliphatic heterocycles. The first-order chi connectivity index (χ1) is 11.4. The molecule has 0 saturated heterocycles. The molecular formula is C17H32IN5O. The van der Waals surface area contributed by atoms with Crippen molar-refractivity contribution in [3.05, 3.63) is 18.7 Å². The Kier molecular flexibility index (Phi) is 11.9. The molecule has 0 unspecified atom stereocenters. The van der Waals surface area contributed by atoms with E-state index < -0.39 is 0 Å². The van der Waals surface area contributed by atoms with Gasteiger partial charge in [0.15, 0.2) is 5.96 Å². The third-order valence-corrected chi connectivity index (χ3v) is 4.08. The van der Waals surface area contributed by atoms with Gasteiger partial charge < -0.3 is 19.9 Å². The van der Waals surface area contributed by atoms with Crippen molar-refractivity contribution in [1.82, 2.24) is 20.2 Å². The van der Waals surface area contributed by atoms with Gasteiger partial charge in [-0.15, -0.1) is 24.0 Å². The van der Waals surface area contributed by atoms with E-state index in [0.717, 1.165) is 25.6 Å². The molecule has 6 nitrogen and oxygen atoms in total. The number of nitrogens with zero attached hydrogens (tertiary/aromatic N) is 3. The molecule has 2 rings (SSSR count). The minimum absolute atomic E-state index is 0. The van der Waals surface area contributed by atoms with Gasteiger partial charge in [0.25, 0.3) is 0 Å². The van der Waals surface area contributed by atoms with E-state index in [1.807, 2.05) is 17.1 Å². The van der Waals surface area contributed by atoms with Gasteiger partial charge in [0, 0.05) is 32.0 Å². The van der Waals surface area contributed by atoms with Crippen LogP contribution in [0.15, 0.2) is 23.7 Å². The van der Waals surface area contributed by atoms with Gasteiger partial charge in [-0.3, -0.25) is 4.99 Å². The summed E-state index contributed by atoms with van der Waals surface area (Å²) >= 11 is 0. The maximum atomic E-state index is 5.98. The standard InChI is InChI=1S/C17H31N5O.HI/c1-2-19-17(20-10-13-22-12-9-18-15-22)21-11-14-23-16-7-5-3-4-6-8-16;/h9,12,15-16H,2-8,10-11,13-14H2,1H3,(H2,19,20,21);1H. The summed E-state index contributed by atoms with van der Waals surface area (Å²) < 4.78 is 8.03. The van der Waals surface area contributed by atoms with Crippen LogP contribution in [0.4, 0.5) is 0 Å². The lowest BCUT2D eigenvalue weighted by Gasteiger charge is -2.15. The van der Waals surface area contributed by atoms with E-state index in [2.05, 4.69) is 27.5 Å². The number of guanidine groups is 1. The highest BCUT2D eigenvalue weighted by atomic mass is 127. The van der Waals surface area contributed by atoms with E-state index in [9.17, 15) is 0 Å². The molecule has 0 atom stereocenters. The number of rotatable bonds is 8. The zero-order valence-corrected chi connectivity index (χ0v) is 17.1. The number of imidazole rings is 1. The maximum absolute atomic E-state index is 5.98. The predicted octanol–water partition coefficient (Wildman–Crippen LogP) is 2.80. The average molecular weight is 449 g/mol. The summed E-state index contributed by atoms with van der Waals surface area (Å²) in [5.74, 6) is 0.858. The Hall–Kier alpha value is -0.830. The Morgan fingerprint density at radius 2 is 2.04 bits per heavy atom. The fraction of sp³-hybridized carbons (Fsp3) is 0.765. The second-order valence-electron chi connectivity index (χ2n) is 5.97. The van der Waals surface area contributed by atoms with Crippen LogP contribution in [0, 0.1) is 0 Å². The Morgan fingerprint density at radius 3 is 2.71 bits per heavy atom. The molecule has 2 N–H and O–H groups in total. The lowest BCUT2D eigenvalue weighted by atomic mass is 10.1. The number of hydrogen-bond donors (Lipinski definition) is 2. The molecule has 1 aromatic heterocycles. The number of halogens is 1.